The Hall–Kier alpha value is -1.06. The van der Waals surface area contributed by atoms with Gasteiger partial charge in [-0.2, -0.15) is 0 Å². The molecule has 0 bridgehead atoms. The first kappa shape index (κ1) is 17.0. The van der Waals surface area contributed by atoms with Crippen LogP contribution in [0.2, 0.25) is 0 Å². The summed E-state index contributed by atoms with van der Waals surface area (Å²) in [6, 6.07) is 6.08. The van der Waals surface area contributed by atoms with Crippen LogP contribution in [0.15, 0.2) is 18.2 Å². The molecule has 0 aliphatic carbocycles. The molecule has 114 valence electrons. The quantitative estimate of drug-likeness (QED) is 0.683. The van der Waals surface area contributed by atoms with Crippen LogP contribution in [-0.2, 0) is 0 Å². The third kappa shape index (κ3) is 6.92. The van der Waals surface area contributed by atoms with Gasteiger partial charge in [0.1, 0.15) is 18.5 Å². The van der Waals surface area contributed by atoms with Gasteiger partial charge in [-0.1, -0.05) is 31.5 Å². The van der Waals surface area contributed by atoms with E-state index in [2.05, 4.69) is 32.2 Å². The highest BCUT2D eigenvalue weighted by Crippen LogP contribution is 2.18. The van der Waals surface area contributed by atoms with Crippen LogP contribution in [-0.4, -0.2) is 30.9 Å². The van der Waals surface area contributed by atoms with Crippen molar-refractivity contribution in [2.45, 2.75) is 46.6 Å². The van der Waals surface area contributed by atoms with Crippen molar-refractivity contribution in [1.29, 1.82) is 0 Å². The molecule has 0 fully saturated rings. The maximum absolute atomic E-state index is 9.88. The molecule has 3 nitrogen and oxygen atoms in total. The highest BCUT2D eigenvalue weighted by atomic mass is 16.5. The van der Waals surface area contributed by atoms with Gasteiger partial charge in [-0.15, -0.1) is 0 Å². The van der Waals surface area contributed by atoms with Crippen molar-refractivity contribution >= 4 is 0 Å². The molecule has 0 aliphatic heterocycles. The van der Waals surface area contributed by atoms with Crippen LogP contribution < -0.4 is 10.1 Å². The molecule has 0 saturated carbocycles. The number of hydrogen-bond donors (Lipinski definition) is 2. The van der Waals surface area contributed by atoms with Gasteiger partial charge in [0.05, 0.1) is 0 Å². The van der Waals surface area contributed by atoms with Crippen molar-refractivity contribution in [3.05, 3.63) is 29.3 Å². The molecule has 0 saturated heterocycles. The SMILES string of the molecule is Cc1ccc(OCC(O)CNCCCC(C)C)c(C)c1. The number of hydrogen-bond acceptors (Lipinski definition) is 3. The van der Waals surface area contributed by atoms with Crippen LogP contribution in [0.25, 0.3) is 0 Å². The summed E-state index contributed by atoms with van der Waals surface area (Å²) >= 11 is 0. The summed E-state index contributed by atoms with van der Waals surface area (Å²) in [5.74, 6) is 1.60. The Labute approximate surface area is 123 Å². The third-order valence-corrected chi connectivity index (χ3v) is 3.28. The van der Waals surface area contributed by atoms with E-state index in [1.165, 1.54) is 12.0 Å². The predicted molar refractivity (Wildman–Crippen MR) is 84.4 cm³/mol. The zero-order valence-electron chi connectivity index (χ0n) is 13.3. The summed E-state index contributed by atoms with van der Waals surface area (Å²) in [7, 11) is 0. The van der Waals surface area contributed by atoms with E-state index in [0.717, 1.165) is 30.2 Å². The molecule has 1 aromatic carbocycles. The first-order valence-corrected chi connectivity index (χ1v) is 7.58. The minimum atomic E-state index is -0.463. The second kappa shape index (κ2) is 8.98. The van der Waals surface area contributed by atoms with Gasteiger partial charge in [0.2, 0.25) is 0 Å². The van der Waals surface area contributed by atoms with E-state index < -0.39 is 6.10 Å². The Bertz CT molecular complexity index is 391. The van der Waals surface area contributed by atoms with E-state index in [4.69, 9.17) is 4.74 Å². The predicted octanol–water partition coefficient (Wildman–Crippen LogP) is 3.07. The van der Waals surface area contributed by atoms with Crippen LogP contribution in [0, 0.1) is 19.8 Å². The molecule has 0 heterocycles. The Kier molecular flexibility index (Phi) is 7.63. The number of aliphatic hydroxyl groups is 1. The molecule has 2 N–H and O–H groups in total. The second-order valence-electron chi connectivity index (χ2n) is 5.97. The van der Waals surface area contributed by atoms with E-state index >= 15 is 0 Å². The zero-order chi connectivity index (χ0) is 15.0. The van der Waals surface area contributed by atoms with Crippen LogP contribution in [0.5, 0.6) is 5.75 Å². The van der Waals surface area contributed by atoms with Gasteiger partial charge in [0.15, 0.2) is 0 Å². The van der Waals surface area contributed by atoms with E-state index in [1.54, 1.807) is 0 Å². The Morgan fingerprint density at radius 2 is 2.00 bits per heavy atom. The maximum atomic E-state index is 9.88. The average molecular weight is 279 g/mol. The van der Waals surface area contributed by atoms with E-state index in [-0.39, 0.29) is 0 Å². The first-order chi connectivity index (χ1) is 9.49. The van der Waals surface area contributed by atoms with Crippen molar-refractivity contribution in [3.63, 3.8) is 0 Å². The highest BCUT2D eigenvalue weighted by molar-refractivity contribution is 5.35. The fraction of sp³-hybridized carbons (Fsp3) is 0.647. The molecule has 0 amide bonds. The van der Waals surface area contributed by atoms with E-state index in [0.29, 0.717) is 13.2 Å². The molecule has 0 radical (unpaired) electrons. The fourth-order valence-corrected chi connectivity index (χ4v) is 2.11. The molecule has 1 unspecified atom stereocenters. The Morgan fingerprint density at radius 1 is 1.25 bits per heavy atom. The fourth-order valence-electron chi connectivity index (χ4n) is 2.11. The first-order valence-electron chi connectivity index (χ1n) is 7.58. The number of aryl methyl sites for hydroxylation is 2. The summed E-state index contributed by atoms with van der Waals surface area (Å²) in [4.78, 5) is 0. The number of ether oxygens (including phenoxy) is 1. The summed E-state index contributed by atoms with van der Waals surface area (Å²) < 4.78 is 5.66. The molecule has 0 spiro atoms. The minimum absolute atomic E-state index is 0.334. The summed E-state index contributed by atoms with van der Waals surface area (Å²) in [6.07, 6.45) is 1.92. The number of rotatable bonds is 9. The summed E-state index contributed by atoms with van der Waals surface area (Å²) in [5, 5.41) is 13.1. The van der Waals surface area contributed by atoms with Crippen LogP contribution >= 0.6 is 0 Å². The Morgan fingerprint density at radius 3 is 2.65 bits per heavy atom. The molecule has 1 atom stereocenters. The summed E-state index contributed by atoms with van der Waals surface area (Å²) in [5.41, 5.74) is 2.34. The van der Waals surface area contributed by atoms with Crippen LogP contribution in [0.4, 0.5) is 0 Å². The van der Waals surface area contributed by atoms with Gasteiger partial charge in [0.25, 0.3) is 0 Å². The normalized spacial score (nSPS) is 12.7. The monoisotopic (exact) mass is 279 g/mol. The number of benzene rings is 1. The van der Waals surface area contributed by atoms with Crippen molar-refractivity contribution < 1.29 is 9.84 Å². The van der Waals surface area contributed by atoms with Crippen molar-refractivity contribution in [1.82, 2.24) is 5.32 Å². The van der Waals surface area contributed by atoms with Crippen molar-refractivity contribution in [2.75, 3.05) is 19.7 Å². The molecular weight excluding hydrogens is 250 g/mol. The van der Waals surface area contributed by atoms with Gasteiger partial charge >= 0.3 is 0 Å². The van der Waals surface area contributed by atoms with Crippen LogP contribution in [0.1, 0.15) is 37.8 Å². The molecule has 3 heteroatoms. The molecule has 1 aromatic rings. The van der Waals surface area contributed by atoms with Crippen molar-refractivity contribution in [3.8, 4) is 5.75 Å². The minimum Gasteiger partial charge on any atom is -0.491 e. The topological polar surface area (TPSA) is 41.5 Å². The lowest BCUT2D eigenvalue weighted by atomic mass is 10.1. The number of nitrogens with one attached hydrogen (secondary N) is 1. The largest absolute Gasteiger partial charge is 0.491 e. The number of aliphatic hydroxyl groups excluding tert-OH is 1. The van der Waals surface area contributed by atoms with Gasteiger partial charge in [0, 0.05) is 6.54 Å². The maximum Gasteiger partial charge on any atom is 0.122 e. The van der Waals surface area contributed by atoms with E-state index in [1.807, 2.05) is 19.1 Å². The smallest absolute Gasteiger partial charge is 0.122 e. The standard InChI is InChI=1S/C17H29NO2/c1-13(2)6-5-9-18-11-16(19)12-20-17-8-7-14(3)10-15(17)4/h7-8,10,13,16,18-19H,5-6,9,11-12H2,1-4H3. The molecule has 0 aliphatic rings. The second-order valence-corrected chi connectivity index (χ2v) is 5.97. The average Bonchev–Trinajstić information content (AvgIpc) is 2.37. The van der Waals surface area contributed by atoms with Gasteiger partial charge in [-0.25, -0.2) is 0 Å². The zero-order valence-corrected chi connectivity index (χ0v) is 13.3. The lowest BCUT2D eigenvalue weighted by molar-refractivity contribution is 0.106. The summed E-state index contributed by atoms with van der Waals surface area (Å²) in [6.45, 7) is 10.4. The molecule has 0 aromatic heterocycles. The van der Waals surface area contributed by atoms with Gasteiger partial charge in [-0.3, -0.25) is 0 Å². The van der Waals surface area contributed by atoms with Gasteiger partial charge in [-0.05, 0) is 50.8 Å². The lowest BCUT2D eigenvalue weighted by Crippen LogP contribution is -2.32. The van der Waals surface area contributed by atoms with Crippen LogP contribution in [0.3, 0.4) is 0 Å². The van der Waals surface area contributed by atoms with Gasteiger partial charge < -0.3 is 15.2 Å². The third-order valence-electron chi connectivity index (χ3n) is 3.28. The molecule has 20 heavy (non-hydrogen) atoms. The van der Waals surface area contributed by atoms with E-state index in [9.17, 15) is 5.11 Å². The highest BCUT2D eigenvalue weighted by Gasteiger charge is 2.06. The van der Waals surface area contributed by atoms with Crippen molar-refractivity contribution in [2.24, 2.45) is 5.92 Å². The molecule has 1 rings (SSSR count). The lowest BCUT2D eigenvalue weighted by Gasteiger charge is -2.15. The molecular formula is C17H29NO2. The Balaban J connectivity index is 2.18.